The Morgan fingerprint density at radius 2 is 2.11 bits per heavy atom. The number of benzene rings is 1. The average molecular weight is 246 g/mol. The highest BCUT2D eigenvalue weighted by Crippen LogP contribution is 2.15. The predicted molar refractivity (Wildman–Crippen MR) is 64.7 cm³/mol. The summed E-state index contributed by atoms with van der Waals surface area (Å²) >= 11 is 0. The van der Waals surface area contributed by atoms with Crippen LogP contribution in [0.15, 0.2) is 36.5 Å². The molecule has 2 rings (SSSR count). The number of aliphatic carboxylic acids is 1. The molecule has 1 aromatic carbocycles. The van der Waals surface area contributed by atoms with Gasteiger partial charge in [0.2, 0.25) is 0 Å². The van der Waals surface area contributed by atoms with Crippen molar-refractivity contribution in [3.8, 4) is 0 Å². The number of carboxylic acid groups (broad SMARTS) is 1. The average Bonchev–Trinajstić information content (AvgIpc) is 2.84. The maximum atomic E-state index is 11.3. The fraction of sp³-hybridized carbons (Fsp3) is 0.250. The van der Waals surface area contributed by atoms with Gasteiger partial charge in [-0.25, -0.2) is 9.48 Å². The van der Waals surface area contributed by atoms with E-state index in [-0.39, 0.29) is 6.54 Å². The molecule has 3 N–H and O–H groups in total. The molecule has 6 nitrogen and oxygen atoms in total. The summed E-state index contributed by atoms with van der Waals surface area (Å²) in [6.45, 7) is 0.214. The van der Waals surface area contributed by atoms with Crippen LogP contribution in [0.5, 0.6) is 0 Å². The van der Waals surface area contributed by atoms with Gasteiger partial charge in [0.05, 0.1) is 11.9 Å². The molecule has 1 atom stereocenters. The molecule has 0 radical (unpaired) electrons. The molecule has 0 bridgehead atoms. The summed E-state index contributed by atoms with van der Waals surface area (Å²) in [5.41, 5.74) is 7.08. The van der Waals surface area contributed by atoms with Gasteiger partial charge < -0.3 is 10.8 Å². The van der Waals surface area contributed by atoms with Crippen LogP contribution < -0.4 is 5.73 Å². The highest BCUT2D eigenvalue weighted by atomic mass is 16.4. The van der Waals surface area contributed by atoms with Gasteiger partial charge in [-0.05, 0) is 5.56 Å². The van der Waals surface area contributed by atoms with Gasteiger partial charge in [0, 0.05) is 13.0 Å². The number of aromatic nitrogens is 3. The summed E-state index contributed by atoms with van der Waals surface area (Å²) in [5.74, 6) is -0.945. The summed E-state index contributed by atoms with van der Waals surface area (Å²) in [7, 11) is 0. The molecular formula is C12H14N4O2. The first-order valence-corrected chi connectivity index (χ1v) is 5.58. The van der Waals surface area contributed by atoms with Gasteiger partial charge in [-0.2, -0.15) is 0 Å². The molecule has 1 aromatic heterocycles. The number of hydrogen-bond donors (Lipinski definition) is 2. The van der Waals surface area contributed by atoms with Gasteiger partial charge in [0.1, 0.15) is 0 Å². The lowest BCUT2D eigenvalue weighted by Gasteiger charge is -2.14. The zero-order valence-electron chi connectivity index (χ0n) is 9.73. The van der Waals surface area contributed by atoms with E-state index in [9.17, 15) is 9.90 Å². The van der Waals surface area contributed by atoms with Crippen molar-refractivity contribution in [1.29, 1.82) is 0 Å². The number of carboxylic acids is 1. The number of rotatable bonds is 5. The summed E-state index contributed by atoms with van der Waals surface area (Å²) < 4.78 is 1.37. The third-order valence-electron chi connectivity index (χ3n) is 2.71. The van der Waals surface area contributed by atoms with E-state index in [4.69, 9.17) is 5.73 Å². The van der Waals surface area contributed by atoms with Crippen LogP contribution >= 0.6 is 0 Å². The molecule has 0 spiro atoms. The van der Waals surface area contributed by atoms with Crippen LogP contribution in [0, 0.1) is 0 Å². The Bertz CT molecular complexity index is 524. The lowest BCUT2D eigenvalue weighted by Crippen LogP contribution is -2.25. The number of hydrogen-bond acceptors (Lipinski definition) is 4. The van der Waals surface area contributed by atoms with Crippen LogP contribution in [-0.2, 0) is 17.8 Å². The fourth-order valence-electron chi connectivity index (χ4n) is 1.79. The van der Waals surface area contributed by atoms with Crippen molar-refractivity contribution >= 4 is 5.97 Å². The first-order chi connectivity index (χ1) is 8.72. The van der Waals surface area contributed by atoms with E-state index in [0.717, 1.165) is 5.56 Å². The zero-order valence-corrected chi connectivity index (χ0v) is 9.73. The highest BCUT2D eigenvalue weighted by molar-refractivity contribution is 5.72. The second-order valence-corrected chi connectivity index (χ2v) is 3.92. The number of nitrogens with two attached hydrogens (primary N) is 1. The van der Waals surface area contributed by atoms with Gasteiger partial charge in [-0.1, -0.05) is 35.5 Å². The van der Waals surface area contributed by atoms with Gasteiger partial charge in [0.25, 0.3) is 0 Å². The van der Waals surface area contributed by atoms with E-state index in [0.29, 0.717) is 12.1 Å². The molecule has 0 aliphatic carbocycles. The third-order valence-corrected chi connectivity index (χ3v) is 2.71. The molecule has 0 fully saturated rings. The first kappa shape index (κ1) is 12.3. The van der Waals surface area contributed by atoms with E-state index in [2.05, 4.69) is 10.3 Å². The minimum atomic E-state index is -0.945. The molecule has 2 aromatic rings. The molecule has 18 heavy (non-hydrogen) atoms. The van der Waals surface area contributed by atoms with Crippen LogP contribution in [-0.4, -0.2) is 26.1 Å². The minimum Gasteiger partial charge on any atom is -0.480 e. The third kappa shape index (κ3) is 2.54. The van der Waals surface area contributed by atoms with Gasteiger partial charge >= 0.3 is 5.97 Å². The smallest absolute Gasteiger partial charge is 0.328 e. The van der Waals surface area contributed by atoms with Crippen molar-refractivity contribution in [3.63, 3.8) is 0 Å². The zero-order chi connectivity index (χ0) is 13.0. The van der Waals surface area contributed by atoms with Gasteiger partial charge in [0.15, 0.2) is 6.04 Å². The number of carbonyl (C=O) groups is 1. The minimum absolute atomic E-state index is 0.214. The van der Waals surface area contributed by atoms with E-state index >= 15 is 0 Å². The lowest BCUT2D eigenvalue weighted by molar-refractivity contribution is -0.141. The van der Waals surface area contributed by atoms with Crippen molar-refractivity contribution < 1.29 is 9.90 Å². The van der Waals surface area contributed by atoms with Crippen LogP contribution in [0.4, 0.5) is 0 Å². The fourth-order valence-corrected chi connectivity index (χ4v) is 1.79. The quantitative estimate of drug-likeness (QED) is 0.805. The van der Waals surface area contributed by atoms with Crippen LogP contribution in [0.1, 0.15) is 17.3 Å². The Balaban J connectivity index is 2.27. The van der Waals surface area contributed by atoms with Crippen LogP contribution in [0.2, 0.25) is 0 Å². The highest BCUT2D eigenvalue weighted by Gasteiger charge is 2.23. The summed E-state index contributed by atoms with van der Waals surface area (Å²) in [6.07, 6.45) is 1.84. The van der Waals surface area contributed by atoms with Crippen molar-refractivity contribution in [2.24, 2.45) is 5.73 Å². The second-order valence-electron chi connectivity index (χ2n) is 3.92. The normalized spacial score (nSPS) is 12.3. The maximum absolute atomic E-state index is 11.3. The standard InChI is InChI=1S/C12H14N4O2/c13-7-10-8-14-15-16(10)11(12(17)18)6-9-4-2-1-3-5-9/h1-5,8,11H,6-7,13H2,(H,17,18)/t11-/m0/s1. The Kier molecular flexibility index (Phi) is 3.69. The van der Waals surface area contributed by atoms with E-state index in [1.54, 1.807) is 0 Å². The first-order valence-electron chi connectivity index (χ1n) is 5.58. The Morgan fingerprint density at radius 1 is 1.39 bits per heavy atom. The molecule has 0 aliphatic rings. The van der Waals surface area contributed by atoms with Crippen molar-refractivity contribution in [3.05, 3.63) is 47.8 Å². The molecule has 1 heterocycles. The topological polar surface area (TPSA) is 94.0 Å². The van der Waals surface area contributed by atoms with Crippen molar-refractivity contribution in [1.82, 2.24) is 15.0 Å². The summed E-state index contributed by atoms with van der Waals surface area (Å²) in [5, 5.41) is 16.8. The van der Waals surface area contributed by atoms with Crippen molar-refractivity contribution in [2.75, 3.05) is 0 Å². The maximum Gasteiger partial charge on any atom is 0.328 e. The van der Waals surface area contributed by atoms with Gasteiger partial charge in [-0.15, -0.1) is 5.10 Å². The predicted octanol–water partition coefficient (Wildman–Crippen LogP) is 0.605. The second kappa shape index (κ2) is 5.42. The summed E-state index contributed by atoms with van der Waals surface area (Å²) in [4.78, 5) is 11.3. The van der Waals surface area contributed by atoms with Crippen molar-refractivity contribution in [2.45, 2.75) is 19.0 Å². The van der Waals surface area contributed by atoms with E-state index in [1.165, 1.54) is 10.9 Å². The molecule has 0 amide bonds. The number of nitrogens with zero attached hydrogens (tertiary/aromatic N) is 3. The Morgan fingerprint density at radius 3 is 2.72 bits per heavy atom. The Labute approximate surface area is 104 Å². The molecule has 0 saturated heterocycles. The molecular weight excluding hydrogens is 232 g/mol. The van der Waals surface area contributed by atoms with E-state index in [1.807, 2.05) is 30.3 Å². The van der Waals surface area contributed by atoms with Crippen LogP contribution in [0.3, 0.4) is 0 Å². The largest absolute Gasteiger partial charge is 0.480 e. The van der Waals surface area contributed by atoms with Gasteiger partial charge in [-0.3, -0.25) is 0 Å². The monoisotopic (exact) mass is 246 g/mol. The molecule has 0 aliphatic heterocycles. The summed E-state index contributed by atoms with van der Waals surface area (Å²) in [6, 6.07) is 8.62. The molecule has 94 valence electrons. The van der Waals surface area contributed by atoms with Crippen LogP contribution in [0.25, 0.3) is 0 Å². The van der Waals surface area contributed by atoms with E-state index < -0.39 is 12.0 Å². The lowest BCUT2D eigenvalue weighted by atomic mass is 10.1. The molecule has 6 heteroatoms. The Hall–Kier alpha value is -2.21. The molecule has 0 saturated carbocycles. The SMILES string of the molecule is NCc1cnnn1[C@@H](Cc1ccccc1)C(=O)O. The molecule has 0 unspecified atom stereocenters.